The quantitative estimate of drug-likeness (QED) is 0.646. The van der Waals surface area contributed by atoms with Gasteiger partial charge in [0.05, 0.1) is 5.52 Å². The van der Waals surface area contributed by atoms with Gasteiger partial charge in [0.1, 0.15) is 0 Å². The van der Waals surface area contributed by atoms with Crippen LogP contribution < -0.4 is 0 Å². The van der Waals surface area contributed by atoms with Crippen molar-refractivity contribution in [1.82, 2.24) is 9.97 Å². The summed E-state index contributed by atoms with van der Waals surface area (Å²) < 4.78 is 0. The molecular formula is C16H13ClN2. The van der Waals surface area contributed by atoms with Gasteiger partial charge in [-0.3, -0.25) is 0 Å². The Morgan fingerprint density at radius 3 is 2.37 bits per heavy atom. The van der Waals surface area contributed by atoms with E-state index < -0.39 is 0 Å². The van der Waals surface area contributed by atoms with E-state index in [1.165, 1.54) is 5.56 Å². The number of halogens is 1. The van der Waals surface area contributed by atoms with Gasteiger partial charge in [-0.1, -0.05) is 23.7 Å². The molecule has 2 nitrogen and oxygen atoms in total. The molecule has 94 valence electrons. The van der Waals surface area contributed by atoms with E-state index in [1.54, 1.807) is 0 Å². The number of hydrogen-bond acceptors (Lipinski definition) is 2. The predicted octanol–water partition coefficient (Wildman–Crippen LogP) is 4.57. The van der Waals surface area contributed by atoms with Crippen LogP contribution in [0.2, 0.25) is 5.02 Å². The fourth-order valence-electron chi connectivity index (χ4n) is 2.13. The van der Waals surface area contributed by atoms with E-state index >= 15 is 0 Å². The fourth-order valence-corrected chi connectivity index (χ4v) is 2.25. The lowest BCUT2D eigenvalue weighted by molar-refractivity contribution is 1.16. The number of hydrogen-bond donors (Lipinski definition) is 0. The van der Waals surface area contributed by atoms with Crippen LogP contribution in [0, 0.1) is 13.8 Å². The van der Waals surface area contributed by atoms with Crippen LogP contribution >= 0.6 is 11.6 Å². The highest BCUT2D eigenvalue weighted by Crippen LogP contribution is 2.23. The van der Waals surface area contributed by atoms with Gasteiger partial charge >= 0.3 is 0 Å². The summed E-state index contributed by atoms with van der Waals surface area (Å²) in [6.07, 6.45) is 0. The van der Waals surface area contributed by atoms with Gasteiger partial charge in [-0.25, -0.2) is 9.97 Å². The summed E-state index contributed by atoms with van der Waals surface area (Å²) in [5, 5.41) is 1.82. The molecule has 2 aromatic carbocycles. The molecule has 0 atom stereocenters. The molecule has 0 spiro atoms. The van der Waals surface area contributed by atoms with E-state index in [2.05, 4.69) is 35.1 Å². The summed E-state index contributed by atoms with van der Waals surface area (Å²) in [5.41, 5.74) is 4.16. The third-order valence-electron chi connectivity index (χ3n) is 3.15. The molecule has 0 amide bonds. The predicted molar refractivity (Wildman–Crippen MR) is 79.5 cm³/mol. The monoisotopic (exact) mass is 268 g/mol. The first-order chi connectivity index (χ1) is 9.13. The Labute approximate surface area is 117 Å². The van der Waals surface area contributed by atoms with Crippen LogP contribution in [0.3, 0.4) is 0 Å². The second-order valence-electron chi connectivity index (χ2n) is 4.66. The highest BCUT2D eigenvalue weighted by atomic mass is 35.5. The van der Waals surface area contributed by atoms with Crippen molar-refractivity contribution in [2.45, 2.75) is 13.8 Å². The topological polar surface area (TPSA) is 25.8 Å². The van der Waals surface area contributed by atoms with Gasteiger partial charge in [-0.05, 0) is 49.7 Å². The molecule has 1 aromatic heterocycles. The summed E-state index contributed by atoms with van der Waals surface area (Å²) in [7, 11) is 0. The van der Waals surface area contributed by atoms with Gasteiger partial charge in [-0.15, -0.1) is 0 Å². The van der Waals surface area contributed by atoms with Crippen molar-refractivity contribution in [1.29, 1.82) is 0 Å². The van der Waals surface area contributed by atoms with E-state index in [0.717, 1.165) is 33.0 Å². The summed E-state index contributed by atoms with van der Waals surface area (Å²) >= 11 is 5.91. The number of rotatable bonds is 1. The lowest BCUT2D eigenvalue weighted by atomic mass is 10.1. The molecule has 0 fully saturated rings. The molecule has 0 saturated carbocycles. The second-order valence-corrected chi connectivity index (χ2v) is 5.10. The van der Waals surface area contributed by atoms with Gasteiger partial charge in [-0.2, -0.15) is 0 Å². The number of benzene rings is 2. The van der Waals surface area contributed by atoms with Crippen molar-refractivity contribution in [2.24, 2.45) is 0 Å². The van der Waals surface area contributed by atoms with E-state index in [-0.39, 0.29) is 0 Å². The first-order valence-corrected chi connectivity index (χ1v) is 6.52. The Bertz CT molecular complexity index is 749. The van der Waals surface area contributed by atoms with Crippen LogP contribution in [0.5, 0.6) is 0 Å². The molecule has 1 heterocycles. The molecule has 0 saturated heterocycles. The minimum atomic E-state index is 0.720. The largest absolute Gasteiger partial charge is 0.233 e. The average molecular weight is 269 g/mol. The molecule has 3 heteroatoms. The van der Waals surface area contributed by atoms with Crippen molar-refractivity contribution in [2.75, 3.05) is 0 Å². The number of aryl methyl sites for hydroxylation is 2. The van der Waals surface area contributed by atoms with Crippen molar-refractivity contribution < 1.29 is 0 Å². The Balaban J connectivity index is 2.22. The lowest BCUT2D eigenvalue weighted by Crippen LogP contribution is -1.94. The molecule has 0 bridgehead atoms. The lowest BCUT2D eigenvalue weighted by Gasteiger charge is -2.06. The van der Waals surface area contributed by atoms with E-state index in [9.17, 15) is 0 Å². The third kappa shape index (κ3) is 2.32. The average Bonchev–Trinajstić information content (AvgIpc) is 2.38. The third-order valence-corrected chi connectivity index (χ3v) is 3.40. The van der Waals surface area contributed by atoms with E-state index in [4.69, 9.17) is 11.6 Å². The van der Waals surface area contributed by atoms with Gasteiger partial charge in [0.15, 0.2) is 5.82 Å². The van der Waals surface area contributed by atoms with Crippen molar-refractivity contribution in [3.05, 3.63) is 58.7 Å². The molecule has 3 rings (SSSR count). The zero-order chi connectivity index (χ0) is 13.4. The molecule has 3 aromatic rings. The Hall–Kier alpha value is -1.93. The van der Waals surface area contributed by atoms with Crippen molar-refractivity contribution >= 4 is 22.5 Å². The van der Waals surface area contributed by atoms with E-state index in [0.29, 0.717) is 0 Å². The normalized spacial score (nSPS) is 10.9. The van der Waals surface area contributed by atoms with Gasteiger partial charge in [0.25, 0.3) is 0 Å². The minimum Gasteiger partial charge on any atom is -0.233 e. The molecule has 19 heavy (non-hydrogen) atoms. The number of aromatic nitrogens is 2. The van der Waals surface area contributed by atoms with Crippen LogP contribution in [0.25, 0.3) is 22.3 Å². The highest BCUT2D eigenvalue weighted by molar-refractivity contribution is 6.30. The second kappa shape index (κ2) is 4.63. The molecule has 0 radical (unpaired) electrons. The smallest absolute Gasteiger partial charge is 0.160 e. The van der Waals surface area contributed by atoms with Crippen LogP contribution in [-0.2, 0) is 0 Å². The number of nitrogens with zero attached hydrogens (tertiary/aromatic N) is 2. The molecule has 0 unspecified atom stereocenters. The SMILES string of the molecule is Cc1ccc2c(C)nc(-c3ccc(Cl)cc3)nc2c1. The molecule has 0 aliphatic heterocycles. The first kappa shape index (κ1) is 12.1. The Morgan fingerprint density at radius 1 is 0.895 bits per heavy atom. The summed E-state index contributed by atoms with van der Waals surface area (Å²) in [6.45, 7) is 4.08. The molecule has 0 aliphatic rings. The maximum absolute atomic E-state index is 5.91. The van der Waals surface area contributed by atoms with E-state index in [1.807, 2.05) is 31.2 Å². The summed E-state index contributed by atoms with van der Waals surface area (Å²) in [4.78, 5) is 9.22. The van der Waals surface area contributed by atoms with Crippen molar-refractivity contribution in [3.63, 3.8) is 0 Å². The Morgan fingerprint density at radius 2 is 1.63 bits per heavy atom. The number of fused-ring (bicyclic) bond motifs is 1. The first-order valence-electron chi connectivity index (χ1n) is 6.14. The van der Waals surface area contributed by atoms with Crippen LogP contribution in [0.15, 0.2) is 42.5 Å². The fraction of sp³-hybridized carbons (Fsp3) is 0.125. The zero-order valence-electron chi connectivity index (χ0n) is 10.8. The van der Waals surface area contributed by atoms with Gasteiger partial charge in [0.2, 0.25) is 0 Å². The minimum absolute atomic E-state index is 0.720. The zero-order valence-corrected chi connectivity index (χ0v) is 11.6. The maximum atomic E-state index is 5.91. The molecule has 0 aliphatic carbocycles. The van der Waals surface area contributed by atoms with Crippen LogP contribution in [0.4, 0.5) is 0 Å². The van der Waals surface area contributed by atoms with Crippen LogP contribution in [0.1, 0.15) is 11.3 Å². The summed E-state index contributed by atoms with van der Waals surface area (Å²) in [5.74, 6) is 0.743. The molecular weight excluding hydrogens is 256 g/mol. The van der Waals surface area contributed by atoms with Crippen molar-refractivity contribution in [3.8, 4) is 11.4 Å². The van der Waals surface area contributed by atoms with Gasteiger partial charge in [0, 0.05) is 21.7 Å². The maximum Gasteiger partial charge on any atom is 0.160 e. The Kier molecular flexibility index (Phi) is 2.96. The highest BCUT2D eigenvalue weighted by Gasteiger charge is 2.06. The van der Waals surface area contributed by atoms with Crippen LogP contribution in [-0.4, -0.2) is 9.97 Å². The standard InChI is InChI=1S/C16H13ClN2/c1-10-3-8-14-11(2)18-16(19-15(14)9-10)12-4-6-13(17)7-5-12/h3-9H,1-2H3. The van der Waals surface area contributed by atoms with Gasteiger partial charge < -0.3 is 0 Å². The summed E-state index contributed by atoms with van der Waals surface area (Å²) in [6, 6.07) is 13.8. The molecule has 0 N–H and O–H groups in total.